The molecule has 0 aliphatic carbocycles. The minimum atomic E-state index is -4.48. The van der Waals surface area contributed by atoms with Crippen LogP contribution in [0.25, 0.3) is 5.57 Å². The molecule has 0 saturated heterocycles. The van der Waals surface area contributed by atoms with Gasteiger partial charge in [-0.3, -0.25) is 0 Å². The Balaban J connectivity index is 1.73. The molecule has 0 atom stereocenters. The molecule has 2 aromatic carbocycles. The van der Waals surface area contributed by atoms with E-state index in [2.05, 4.69) is 15.6 Å². The van der Waals surface area contributed by atoms with Crippen molar-refractivity contribution in [1.82, 2.24) is 0 Å². The standard InChI is InChI=1S/C20H19F3N4O/c1-11-6-7-15(9-17(11)20(21,22)23)27-19(28)26-14-5-3-4-13(8-14)16-10-18(24)25-12(16)2/h3-9H,10H2,1-2H3,(H2,24,25)(H2,26,27,28). The lowest BCUT2D eigenvalue weighted by Gasteiger charge is -2.13. The molecular formula is C20H19F3N4O. The third-order valence-electron chi connectivity index (χ3n) is 4.38. The van der Waals surface area contributed by atoms with Crippen molar-refractivity contribution in [2.24, 2.45) is 10.7 Å². The van der Waals surface area contributed by atoms with Gasteiger partial charge in [-0.2, -0.15) is 13.2 Å². The quantitative estimate of drug-likeness (QED) is 0.680. The van der Waals surface area contributed by atoms with Gasteiger partial charge in [0, 0.05) is 23.5 Å². The summed E-state index contributed by atoms with van der Waals surface area (Å²) < 4.78 is 39.0. The predicted molar refractivity (Wildman–Crippen MR) is 104 cm³/mol. The summed E-state index contributed by atoms with van der Waals surface area (Å²) in [4.78, 5) is 16.4. The number of rotatable bonds is 3. The Bertz CT molecular complexity index is 993. The van der Waals surface area contributed by atoms with E-state index < -0.39 is 17.8 Å². The summed E-state index contributed by atoms with van der Waals surface area (Å²) in [5, 5.41) is 5.06. The van der Waals surface area contributed by atoms with Gasteiger partial charge < -0.3 is 16.4 Å². The van der Waals surface area contributed by atoms with Crippen LogP contribution in [-0.4, -0.2) is 11.9 Å². The molecule has 1 aliphatic rings. The number of urea groups is 1. The molecule has 8 heteroatoms. The van der Waals surface area contributed by atoms with Gasteiger partial charge in [0.1, 0.15) is 5.84 Å². The molecule has 0 bridgehead atoms. The first-order valence-corrected chi connectivity index (χ1v) is 8.52. The number of allylic oxidation sites excluding steroid dienone is 1. The normalized spacial score (nSPS) is 14.1. The number of halogens is 3. The first kappa shape index (κ1) is 19.5. The third kappa shape index (κ3) is 4.33. The highest BCUT2D eigenvalue weighted by molar-refractivity contribution is 6.01. The van der Waals surface area contributed by atoms with Crippen molar-refractivity contribution >= 4 is 28.8 Å². The zero-order chi connectivity index (χ0) is 20.5. The Morgan fingerprint density at radius 2 is 1.75 bits per heavy atom. The number of hydrogen-bond donors (Lipinski definition) is 3. The summed E-state index contributed by atoms with van der Waals surface area (Å²) in [7, 11) is 0. The number of hydrogen-bond acceptors (Lipinski definition) is 3. The van der Waals surface area contributed by atoms with E-state index in [0.29, 0.717) is 17.9 Å². The van der Waals surface area contributed by atoms with Gasteiger partial charge >= 0.3 is 12.2 Å². The number of amidine groups is 1. The SMILES string of the molecule is CC1=C(c2cccc(NC(=O)Nc3ccc(C)c(C(F)(F)F)c3)c2)CC(N)=N1. The Labute approximate surface area is 160 Å². The number of anilines is 2. The second-order valence-electron chi connectivity index (χ2n) is 6.53. The number of nitrogens with two attached hydrogens (primary N) is 1. The van der Waals surface area contributed by atoms with E-state index in [1.807, 2.05) is 13.0 Å². The Morgan fingerprint density at radius 1 is 1.07 bits per heavy atom. The van der Waals surface area contributed by atoms with E-state index >= 15 is 0 Å². The number of nitrogens with zero attached hydrogens (tertiary/aromatic N) is 1. The highest BCUT2D eigenvalue weighted by Gasteiger charge is 2.32. The van der Waals surface area contributed by atoms with Crippen LogP contribution < -0.4 is 16.4 Å². The van der Waals surface area contributed by atoms with Crippen molar-refractivity contribution in [2.75, 3.05) is 10.6 Å². The molecule has 0 aromatic heterocycles. The van der Waals surface area contributed by atoms with Gasteiger partial charge in [0.25, 0.3) is 0 Å². The summed E-state index contributed by atoms with van der Waals surface area (Å²) in [5.74, 6) is 0.531. The second kappa shape index (κ2) is 7.38. The van der Waals surface area contributed by atoms with Crippen molar-refractivity contribution in [3.63, 3.8) is 0 Å². The van der Waals surface area contributed by atoms with Crippen LogP contribution in [0.4, 0.5) is 29.3 Å². The predicted octanol–water partition coefficient (Wildman–Crippen LogP) is 5.15. The minimum absolute atomic E-state index is 0.0575. The third-order valence-corrected chi connectivity index (χ3v) is 4.38. The van der Waals surface area contributed by atoms with Gasteiger partial charge in [0.15, 0.2) is 0 Å². The van der Waals surface area contributed by atoms with Crippen LogP contribution in [0.3, 0.4) is 0 Å². The maximum Gasteiger partial charge on any atom is 0.416 e. The molecule has 28 heavy (non-hydrogen) atoms. The largest absolute Gasteiger partial charge is 0.416 e. The van der Waals surface area contributed by atoms with Crippen LogP contribution in [0.1, 0.15) is 30.0 Å². The zero-order valence-electron chi connectivity index (χ0n) is 15.3. The second-order valence-corrected chi connectivity index (χ2v) is 6.53. The molecule has 0 saturated carbocycles. The molecule has 2 amide bonds. The Morgan fingerprint density at radius 3 is 2.36 bits per heavy atom. The van der Waals surface area contributed by atoms with E-state index in [1.165, 1.54) is 19.1 Å². The smallest absolute Gasteiger partial charge is 0.387 e. The molecule has 1 aliphatic heterocycles. The lowest BCUT2D eigenvalue weighted by atomic mass is 10.0. The molecular weight excluding hydrogens is 369 g/mol. The van der Waals surface area contributed by atoms with Crippen LogP contribution in [0.15, 0.2) is 53.2 Å². The number of aliphatic imine (C=N–C) groups is 1. The maximum absolute atomic E-state index is 13.0. The molecule has 0 radical (unpaired) electrons. The monoisotopic (exact) mass is 388 g/mol. The molecule has 2 aromatic rings. The Hall–Kier alpha value is -3.29. The number of carbonyl (C=O) groups is 1. The first-order chi connectivity index (χ1) is 13.1. The van der Waals surface area contributed by atoms with Gasteiger partial charge in [-0.1, -0.05) is 18.2 Å². The molecule has 0 spiro atoms. The number of amides is 2. The van der Waals surface area contributed by atoms with Crippen LogP contribution in [0.2, 0.25) is 0 Å². The van der Waals surface area contributed by atoms with Crippen molar-refractivity contribution in [3.8, 4) is 0 Å². The first-order valence-electron chi connectivity index (χ1n) is 8.52. The molecule has 5 nitrogen and oxygen atoms in total. The summed E-state index contributed by atoms with van der Waals surface area (Å²) in [5.41, 5.74) is 8.28. The fourth-order valence-electron chi connectivity index (χ4n) is 3.03. The van der Waals surface area contributed by atoms with Gasteiger partial charge in [-0.05, 0) is 54.8 Å². The highest BCUT2D eigenvalue weighted by atomic mass is 19.4. The summed E-state index contributed by atoms with van der Waals surface area (Å²) >= 11 is 0. The van der Waals surface area contributed by atoms with E-state index in [1.54, 1.807) is 18.2 Å². The number of benzene rings is 2. The molecule has 0 unspecified atom stereocenters. The van der Waals surface area contributed by atoms with Crippen molar-refractivity contribution in [2.45, 2.75) is 26.4 Å². The lowest BCUT2D eigenvalue weighted by molar-refractivity contribution is -0.138. The van der Waals surface area contributed by atoms with E-state index in [9.17, 15) is 18.0 Å². The molecule has 3 rings (SSSR count). The molecule has 0 fully saturated rings. The van der Waals surface area contributed by atoms with Crippen molar-refractivity contribution in [1.29, 1.82) is 0 Å². The van der Waals surface area contributed by atoms with Crippen LogP contribution in [-0.2, 0) is 6.18 Å². The van der Waals surface area contributed by atoms with E-state index in [0.717, 1.165) is 22.9 Å². The van der Waals surface area contributed by atoms with Crippen LogP contribution in [0.5, 0.6) is 0 Å². The lowest BCUT2D eigenvalue weighted by Crippen LogP contribution is -2.20. The van der Waals surface area contributed by atoms with E-state index in [4.69, 9.17) is 5.73 Å². The van der Waals surface area contributed by atoms with Gasteiger partial charge in [0.2, 0.25) is 0 Å². The summed E-state index contributed by atoms with van der Waals surface area (Å²) in [6, 6.07) is 10.1. The fourth-order valence-corrected chi connectivity index (χ4v) is 3.03. The van der Waals surface area contributed by atoms with Gasteiger partial charge in [0.05, 0.1) is 5.56 Å². The van der Waals surface area contributed by atoms with E-state index in [-0.39, 0.29) is 11.3 Å². The topological polar surface area (TPSA) is 79.5 Å². The fraction of sp³-hybridized carbons (Fsp3) is 0.200. The molecule has 146 valence electrons. The summed E-state index contributed by atoms with van der Waals surface area (Å²) in [6.45, 7) is 3.23. The average Bonchev–Trinajstić information content (AvgIpc) is 2.94. The molecule has 1 heterocycles. The van der Waals surface area contributed by atoms with Gasteiger partial charge in [-0.15, -0.1) is 0 Å². The molecule has 4 N–H and O–H groups in total. The minimum Gasteiger partial charge on any atom is -0.387 e. The van der Waals surface area contributed by atoms with Gasteiger partial charge in [-0.25, -0.2) is 9.79 Å². The van der Waals surface area contributed by atoms with Crippen LogP contribution in [0, 0.1) is 6.92 Å². The summed E-state index contributed by atoms with van der Waals surface area (Å²) in [6.07, 6.45) is -3.95. The highest BCUT2D eigenvalue weighted by Crippen LogP contribution is 2.33. The van der Waals surface area contributed by atoms with Crippen LogP contribution >= 0.6 is 0 Å². The average molecular weight is 388 g/mol. The zero-order valence-corrected chi connectivity index (χ0v) is 15.3. The maximum atomic E-state index is 13.0. The van der Waals surface area contributed by atoms with Crippen molar-refractivity contribution < 1.29 is 18.0 Å². The Kier molecular flexibility index (Phi) is 5.13. The van der Waals surface area contributed by atoms with Crippen molar-refractivity contribution in [3.05, 3.63) is 64.9 Å². The number of carbonyl (C=O) groups excluding carboxylic acids is 1. The number of aryl methyl sites for hydroxylation is 1. The number of alkyl halides is 3. The number of nitrogens with one attached hydrogen (secondary N) is 2.